The monoisotopic (exact) mass is 225 g/mol. The molecule has 1 aromatic carbocycles. The van der Waals surface area contributed by atoms with Crippen LogP contribution in [0.25, 0.3) is 0 Å². The number of anilines is 1. The van der Waals surface area contributed by atoms with Gasteiger partial charge in [-0.05, 0) is 18.2 Å². The van der Waals surface area contributed by atoms with Gasteiger partial charge in [0.15, 0.2) is 5.78 Å². The molecule has 0 bridgehead atoms. The van der Waals surface area contributed by atoms with Crippen molar-refractivity contribution in [2.45, 2.75) is 12.8 Å². The summed E-state index contributed by atoms with van der Waals surface area (Å²) < 4.78 is 17.7. The summed E-state index contributed by atoms with van der Waals surface area (Å²) in [6.45, 7) is 0. The van der Waals surface area contributed by atoms with Gasteiger partial charge in [0.25, 0.3) is 0 Å². The number of Topliss-reactive ketones (excluding diaryl/α,β-unsaturated/α-hetero) is 1. The van der Waals surface area contributed by atoms with Gasteiger partial charge >= 0.3 is 5.97 Å². The van der Waals surface area contributed by atoms with Gasteiger partial charge in [-0.3, -0.25) is 9.59 Å². The van der Waals surface area contributed by atoms with E-state index in [0.29, 0.717) is 0 Å². The van der Waals surface area contributed by atoms with Crippen molar-refractivity contribution in [3.05, 3.63) is 29.6 Å². The first kappa shape index (κ1) is 12.2. The van der Waals surface area contributed by atoms with Crippen LogP contribution >= 0.6 is 0 Å². The topological polar surface area (TPSA) is 69.4 Å². The molecule has 0 saturated heterocycles. The maximum absolute atomic E-state index is 13.3. The van der Waals surface area contributed by atoms with Crippen LogP contribution in [0, 0.1) is 5.82 Å². The Labute approximate surface area is 92.2 Å². The zero-order valence-corrected chi connectivity index (χ0v) is 8.83. The molecule has 0 aliphatic carbocycles. The summed E-state index contributed by atoms with van der Waals surface area (Å²) in [4.78, 5) is 22.3. The molecule has 0 spiro atoms. The molecule has 0 amide bonds. The van der Waals surface area contributed by atoms with Gasteiger partial charge in [-0.25, -0.2) is 4.39 Å². The molecule has 86 valence electrons. The first-order valence-electron chi connectivity index (χ1n) is 4.69. The Morgan fingerprint density at radius 2 is 2.06 bits per heavy atom. The van der Waals surface area contributed by atoms with E-state index in [4.69, 9.17) is 5.73 Å². The van der Waals surface area contributed by atoms with Crippen LogP contribution in [0.1, 0.15) is 23.2 Å². The predicted molar refractivity (Wildman–Crippen MR) is 56.4 cm³/mol. The Balaban J connectivity index is 2.70. The lowest BCUT2D eigenvalue weighted by atomic mass is 10.1. The van der Waals surface area contributed by atoms with Gasteiger partial charge in [0.2, 0.25) is 0 Å². The third kappa shape index (κ3) is 3.05. The van der Waals surface area contributed by atoms with E-state index in [1.165, 1.54) is 19.2 Å². The molecular weight excluding hydrogens is 213 g/mol. The van der Waals surface area contributed by atoms with E-state index in [1.54, 1.807) is 0 Å². The van der Waals surface area contributed by atoms with Crippen molar-refractivity contribution in [3.63, 3.8) is 0 Å². The second-order valence-corrected chi connectivity index (χ2v) is 3.24. The quantitative estimate of drug-likeness (QED) is 0.479. The Kier molecular flexibility index (Phi) is 3.99. The molecule has 4 nitrogen and oxygen atoms in total. The van der Waals surface area contributed by atoms with Crippen LogP contribution in [0.4, 0.5) is 10.1 Å². The fourth-order valence-electron chi connectivity index (χ4n) is 1.21. The summed E-state index contributed by atoms with van der Waals surface area (Å²) >= 11 is 0. The third-order valence-corrected chi connectivity index (χ3v) is 2.08. The van der Waals surface area contributed by atoms with Gasteiger partial charge in [-0.15, -0.1) is 0 Å². The molecule has 0 aliphatic rings. The summed E-state index contributed by atoms with van der Waals surface area (Å²) in [6.07, 6.45) is -0.132. The van der Waals surface area contributed by atoms with E-state index in [9.17, 15) is 14.0 Å². The molecule has 0 unspecified atom stereocenters. The number of ether oxygens (including phenoxy) is 1. The van der Waals surface area contributed by atoms with E-state index in [1.807, 2.05) is 0 Å². The van der Waals surface area contributed by atoms with Gasteiger partial charge in [-0.2, -0.15) is 0 Å². The summed E-state index contributed by atoms with van der Waals surface area (Å²) in [5.74, 6) is -1.61. The molecule has 0 saturated carbocycles. The second-order valence-electron chi connectivity index (χ2n) is 3.24. The molecule has 0 heterocycles. The molecule has 0 aliphatic heterocycles. The Bertz CT molecular complexity index is 418. The smallest absolute Gasteiger partial charge is 0.305 e. The highest BCUT2D eigenvalue weighted by Gasteiger charge is 2.13. The highest BCUT2D eigenvalue weighted by molar-refractivity contribution is 5.98. The van der Waals surface area contributed by atoms with Gasteiger partial charge in [0.1, 0.15) is 5.82 Å². The molecule has 0 aromatic heterocycles. The zero-order valence-electron chi connectivity index (χ0n) is 8.83. The molecule has 2 N–H and O–H groups in total. The average molecular weight is 225 g/mol. The third-order valence-electron chi connectivity index (χ3n) is 2.08. The summed E-state index contributed by atoms with van der Waals surface area (Å²) in [5, 5.41) is 0. The Morgan fingerprint density at radius 1 is 1.38 bits per heavy atom. The highest BCUT2D eigenvalue weighted by Crippen LogP contribution is 2.14. The minimum Gasteiger partial charge on any atom is -0.469 e. The van der Waals surface area contributed by atoms with Crippen LogP contribution in [-0.4, -0.2) is 18.9 Å². The Morgan fingerprint density at radius 3 is 2.62 bits per heavy atom. The number of hydrogen-bond donors (Lipinski definition) is 1. The van der Waals surface area contributed by atoms with Crippen molar-refractivity contribution in [2.24, 2.45) is 0 Å². The fourth-order valence-corrected chi connectivity index (χ4v) is 1.21. The molecular formula is C11H12FNO3. The SMILES string of the molecule is COC(=O)CCC(=O)c1ccc(N)cc1F. The number of methoxy groups -OCH3 is 1. The first-order valence-corrected chi connectivity index (χ1v) is 4.69. The zero-order chi connectivity index (χ0) is 12.1. The Hall–Kier alpha value is -1.91. The van der Waals surface area contributed by atoms with Crippen LogP contribution < -0.4 is 5.73 Å². The number of benzene rings is 1. The van der Waals surface area contributed by atoms with Crippen molar-refractivity contribution < 1.29 is 18.7 Å². The summed E-state index contributed by atoms with van der Waals surface area (Å²) in [7, 11) is 1.23. The van der Waals surface area contributed by atoms with Crippen LogP contribution in [0.2, 0.25) is 0 Å². The molecule has 1 rings (SSSR count). The minimum absolute atomic E-state index is 0.0564. The maximum Gasteiger partial charge on any atom is 0.305 e. The number of hydrogen-bond acceptors (Lipinski definition) is 4. The average Bonchev–Trinajstić information content (AvgIpc) is 2.25. The fraction of sp³-hybridized carbons (Fsp3) is 0.273. The standard InChI is InChI=1S/C11H12FNO3/c1-16-11(15)5-4-10(14)8-3-2-7(13)6-9(8)12/h2-3,6H,4-5,13H2,1H3. The number of ketones is 1. The lowest BCUT2D eigenvalue weighted by molar-refractivity contribution is -0.140. The van der Waals surface area contributed by atoms with E-state index in [0.717, 1.165) is 6.07 Å². The molecule has 0 atom stereocenters. The van der Waals surface area contributed by atoms with Gasteiger partial charge in [0, 0.05) is 12.1 Å². The lowest BCUT2D eigenvalue weighted by Crippen LogP contribution is -2.07. The number of esters is 1. The van der Waals surface area contributed by atoms with E-state index < -0.39 is 17.6 Å². The normalized spacial score (nSPS) is 9.88. The number of nitrogens with two attached hydrogens (primary N) is 1. The highest BCUT2D eigenvalue weighted by atomic mass is 19.1. The van der Waals surface area contributed by atoms with Crippen LogP contribution in [0.5, 0.6) is 0 Å². The van der Waals surface area contributed by atoms with Gasteiger partial charge in [0.05, 0.1) is 19.1 Å². The number of nitrogen functional groups attached to an aromatic ring is 1. The molecule has 0 radical (unpaired) electrons. The molecule has 16 heavy (non-hydrogen) atoms. The van der Waals surface area contributed by atoms with Crippen molar-refractivity contribution in [1.82, 2.24) is 0 Å². The largest absolute Gasteiger partial charge is 0.469 e. The first-order chi connectivity index (χ1) is 7.54. The maximum atomic E-state index is 13.3. The molecule has 5 heteroatoms. The van der Waals surface area contributed by atoms with E-state index >= 15 is 0 Å². The lowest BCUT2D eigenvalue weighted by Gasteiger charge is -2.02. The van der Waals surface area contributed by atoms with Crippen LogP contribution in [0.15, 0.2) is 18.2 Å². The van der Waals surface area contributed by atoms with Gasteiger partial charge < -0.3 is 10.5 Å². The van der Waals surface area contributed by atoms with Crippen molar-refractivity contribution in [2.75, 3.05) is 12.8 Å². The predicted octanol–water partition coefficient (Wildman–Crippen LogP) is 1.54. The number of carbonyl (C=O) groups is 2. The van der Waals surface area contributed by atoms with Crippen molar-refractivity contribution in [1.29, 1.82) is 0 Å². The van der Waals surface area contributed by atoms with E-state index in [2.05, 4.69) is 4.74 Å². The molecule has 1 aromatic rings. The number of rotatable bonds is 4. The van der Waals surface area contributed by atoms with E-state index in [-0.39, 0.29) is 24.1 Å². The van der Waals surface area contributed by atoms with Gasteiger partial charge in [-0.1, -0.05) is 0 Å². The van der Waals surface area contributed by atoms with Crippen LogP contribution in [0.3, 0.4) is 0 Å². The van der Waals surface area contributed by atoms with Crippen molar-refractivity contribution in [3.8, 4) is 0 Å². The summed E-state index contributed by atoms with van der Waals surface area (Å²) in [6, 6.07) is 3.82. The van der Waals surface area contributed by atoms with Crippen LogP contribution in [-0.2, 0) is 9.53 Å². The number of carbonyl (C=O) groups excluding carboxylic acids is 2. The summed E-state index contributed by atoms with van der Waals surface area (Å²) in [5.41, 5.74) is 5.54. The second kappa shape index (κ2) is 5.25. The molecule has 0 fully saturated rings. The number of halogens is 1. The van der Waals surface area contributed by atoms with Crippen molar-refractivity contribution >= 4 is 17.4 Å². The minimum atomic E-state index is -0.671.